The van der Waals surface area contributed by atoms with E-state index in [0.29, 0.717) is 25.2 Å². The van der Waals surface area contributed by atoms with E-state index in [0.717, 1.165) is 19.0 Å². The first-order valence-electron chi connectivity index (χ1n) is 6.73. The molecule has 116 valence electrons. The SMILES string of the molecule is CCN(C(=O)c1ccc(F)c(C(F)(F)F)c1)C1CCNC1. The maximum absolute atomic E-state index is 13.3. The van der Waals surface area contributed by atoms with Gasteiger partial charge < -0.3 is 10.2 Å². The molecule has 0 spiro atoms. The third kappa shape index (κ3) is 3.34. The molecule has 1 aromatic rings. The summed E-state index contributed by atoms with van der Waals surface area (Å²) >= 11 is 0. The fourth-order valence-electron chi connectivity index (χ4n) is 2.51. The number of benzene rings is 1. The smallest absolute Gasteiger partial charge is 0.335 e. The van der Waals surface area contributed by atoms with Gasteiger partial charge in [-0.05, 0) is 38.1 Å². The molecule has 0 bridgehead atoms. The zero-order valence-electron chi connectivity index (χ0n) is 11.5. The normalized spacial score (nSPS) is 18.8. The Kier molecular flexibility index (Phi) is 4.51. The van der Waals surface area contributed by atoms with Crippen molar-refractivity contribution in [2.75, 3.05) is 19.6 Å². The molecule has 2 rings (SSSR count). The van der Waals surface area contributed by atoms with Gasteiger partial charge in [0.25, 0.3) is 5.91 Å². The molecule has 1 unspecified atom stereocenters. The second kappa shape index (κ2) is 6.01. The zero-order valence-corrected chi connectivity index (χ0v) is 11.5. The van der Waals surface area contributed by atoms with Crippen LogP contribution < -0.4 is 5.32 Å². The maximum atomic E-state index is 13.3. The lowest BCUT2D eigenvalue weighted by atomic mass is 10.1. The first-order valence-corrected chi connectivity index (χ1v) is 6.73. The van der Waals surface area contributed by atoms with Crippen molar-refractivity contribution in [3.8, 4) is 0 Å². The number of carbonyl (C=O) groups excluding carboxylic acids is 1. The van der Waals surface area contributed by atoms with Gasteiger partial charge in [0.1, 0.15) is 5.82 Å². The van der Waals surface area contributed by atoms with Gasteiger partial charge in [-0.25, -0.2) is 4.39 Å². The second-order valence-corrected chi connectivity index (χ2v) is 4.93. The average Bonchev–Trinajstić information content (AvgIpc) is 2.92. The number of carbonyl (C=O) groups is 1. The van der Waals surface area contributed by atoms with Gasteiger partial charge in [0, 0.05) is 24.7 Å². The highest BCUT2D eigenvalue weighted by Crippen LogP contribution is 2.32. The standard InChI is InChI=1S/C14H16F4N2O/c1-2-20(10-5-6-19-8-10)13(21)9-3-4-12(15)11(7-9)14(16,17)18/h3-4,7,10,19H,2,5-6,8H2,1H3. The largest absolute Gasteiger partial charge is 0.419 e. The highest BCUT2D eigenvalue weighted by molar-refractivity contribution is 5.94. The molecular formula is C14H16F4N2O. The van der Waals surface area contributed by atoms with Crippen molar-refractivity contribution in [1.82, 2.24) is 10.2 Å². The predicted molar refractivity (Wildman–Crippen MR) is 69.4 cm³/mol. The Hall–Kier alpha value is -1.63. The number of likely N-dealkylation sites (N-methyl/N-ethyl adjacent to an activating group) is 1. The molecule has 1 saturated heterocycles. The molecule has 1 heterocycles. The van der Waals surface area contributed by atoms with Crippen LogP contribution in [0.15, 0.2) is 18.2 Å². The van der Waals surface area contributed by atoms with E-state index in [1.165, 1.54) is 4.90 Å². The van der Waals surface area contributed by atoms with E-state index >= 15 is 0 Å². The Balaban J connectivity index is 2.30. The van der Waals surface area contributed by atoms with Crippen LogP contribution in [0.3, 0.4) is 0 Å². The molecule has 1 N–H and O–H groups in total. The van der Waals surface area contributed by atoms with Crippen LogP contribution in [0, 0.1) is 5.82 Å². The number of hydrogen-bond donors (Lipinski definition) is 1. The Morgan fingerprint density at radius 2 is 2.14 bits per heavy atom. The monoisotopic (exact) mass is 304 g/mol. The van der Waals surface area contributed by atoms with Crippen LogP contribution >= 0.6 is 0 Å². The molecule has 1 atom stereocenters. The summed E-state index contributed by atoms with van der Waals surface area (Å²) in [6, 6.07) is 2.33. The summed E-state index contributed by atoms with van der Waals surface area (Å²) in [6.07, 6.45) is -4.06. The number of nitrogens with zero attached hydrogens (tertiary/aromatic N) is 1. The van der Waals surface area contributed by atoms with Crippen LogP contribution in [-0.4, -0.2) is 36.5 Å². The second-order valence-electron chi connectivity index (χ2n) is 4.93. The molecule has 0 aliphatic carbocycles. The number of alkyl halides is 3. The summed E-state index contributed by atoms with van der Waals surface area (Å²) in [4.78, 5) is 13.9. The van der Waals surface area contributed by atoms with Gasteiger partial charge in [-0.1, -0.05) is 0 Å². The predicted octanol–water partition coefficient (Wildman–Crippen LogP) is 2.67. The van der Waals surface area contributed by atoms with Gasteiger partial charge in [0.05, 0.1) is 5.56 Å². The lowest BCUT2D eigenvalue weighted by molar-refractivity contribution is -0.140. The molecule has 1 aliphatic rings. The molecule has 1 aromatic carbocycles. The Morgan fingerprint density at radius 1 is 1.43 bits per heavy atom. The van der Waals surface area contributed by atoms with Crippen molar-refractivity contribution in [2.24, 2.45) is 0 Å². The fourth-order valence-corrected chi connectivity index (χ4v) is 2.51. The highest BCUT2D eigenvalue weighted by Gasteiger charge is 2.35. The number of hydrogen-bond acceptors (Lipinski definition) is 2. The van der Waals surface area contributed by atoms with E-state index in [1.807, 2.05) is 0 Å². The minimum absolute atomic E-state index is 0.0399. The lowest BCUT2D eigenvalue weighted by Crippen LogP contribution is -2.41. The van der Waals surface area contributed by atoms with Crippen molar-refractivity contribution in [3.05, 3.63) is 35.1 Å². The Labute approximate surface area is 119 Å². The molecule has 0 radical (unpaired) electrons. The number of halogens is 4. The summed E-state index contributed by atoms with van der Waals surface area (Å²) in [5.41, 5.74) is -1.55. The summed E-state index contributed by atoms with van der Waals surface area (Å²) < 4.78 is 51.4. The first kappa shape index (κ1) is 15.8. The highest BCUT2D eigenvalue weighted by atomic mass is 19.4. The van der Waals surface area contributed by atoms with Gasteiger partial charge >= 0.3 is 6.18 Å². The van der Waals surface area contributed by atoms with Crippen LogP contribution in [0.5, 0.6) is 0 Å². The molecule has 1 amide bonds. The molecule has 3 nitrogen and oxygen atoms in total. The average molecular weight is 304 g/mol. The van der Waals surface area contributed by atoms with Crippen LogP contribution in [-0.2, 0) is 6.18 Å². The summed E-state index contributed by atoms with van der Waals surface area (Å²) in [6.45, 7) is 3.55. The Bertz CT molecular complexity index is 524. The minimum Gasteiger partial charge on any atom is -0.335 e. The van der Waals surface area contributed by atoms with Crippen molar-refractivity contribution >= 4 is 5.91 Å². The third-order valence-corrected chi connectivity index (χ3v) is 3.60. The van der Waals surface area contributed by atoms with Crippen LogP contribution in [0.4, 0.5) is 17.6 Å². The van der Waals surface area contributed by atoms with E-state index in [2.05, 4.69) is 5.32 Å². The molecule has 7 heteroatoms. The topological polar surface area (TPSA) is 32.3 Å². The van der Waals surface area contributed by atoms with Gasteiger partial charge in [-0.2, -0.15) is 13.2 Å². The van der Waals surface area contributed by atoms with Gasteiger partial charge in [-0.3, -0.25) is 4.79 Å². The van der Waals surface area contributed by atoms with Gasteiger partial charge in [0.2, 0.25) is 0 Å². The van der Waals surface area contributed by atoms with E-state index in [4.69, 9.17) is 0 Å². The maximum Gasteiger partial charge on any atom is 0.419 e. The fraction of sp³-hybridized carbons (Fsp3) is 0.500. The van der Waals surface area contributed by atoms with Crippen LogP contribution in [0.25, 0.3) is 0 Å². The Morgan fingerprint density at radius 3 is 2.67 bits per heavy atom. The summed E-state index contributed by atoms with van der Waals surface area (Å²) in [7, 11) is 0. The van der Waals surface area contributed by atoms with E-state index in [9.17, 15) is 22.4 Å². The molecular weight excluding hydrogens is 288 g/mol. The summed E-state index contributed by atoms with van der Waals surface area (Å²) in [5.74, 6) is -1.87. The van der Waals surface area contributed by atoms with Crippen LogP contribution in [0.2, 0.25) is 0 Å². The van der Waals surface area contributed by atoms with Crippen molar-refractivity contribution in [3.63, 3.8) is 0 Å². The van der Waals surface area contributed by atoms with Crippen molar-refractivity contribution in [1.29, 1.82) is 0 Å². The molecule has 1 aliphatic heterocycles. The minimum atomic E-state index is -4.81. The van der Waals surface area contributed by atoms with E-state index in [-0.39, 0.29) is 11.6 Å². The molecule has 0 saturated carbocycles. The van der Waals surface area contributed by atoms with Crippen molar-refractivity contribution in [2.45, 2.75) is 25.6 Å². The number of nitrogens with one attached hydrogen (secondary N) is 1. The molecule has 0 aromatic heterocycles. The van der Waals surface area contributed by atoms with Gasteiger partial charge in [0.15, 0.2) is 0 Å². The van der Waals surface area contributed by atoms with E-state index in [1.54, 1.807) is 6.92 Å². The molecule has 1 fully saturated rings. The number of amides is 1. The first-order chi connectivity index (χ1) is 9.84. The third-order valence-electron chi connectivity index (χ3n) is 3.60. The van der Waals surface area contributed by atoms with Crippen LogP contribution in [0.1, 0.15) is 29.3 Å². The zero-order chi connectivity index (χ0) is 15.6. The van der Waals surface area contributed by atoms with Crippen molar-refractivity contribution < 1.29 is 22.4 Å². The van der Waals surface area contributed by atoms with E-state index < -0.39 is 23.5 Å². The van der Waals surface area contributed by atoms with Gasteiger partial charge in [-0.15, -0.1) is 0 Å². The quantitative estimate of drug-likeness (QED) is 0.871. The summed E-state index contributed by atoms with van der Waals surface area (Å²) in [5, 5.41) is 3.10. The number of rotatable bonds is 3. The molecule has 21 heavy (non-hydrogen) atoms. The lowest BCUT2D eigenvalue weighted by Gasteiger charge is -2.27.